The van der Waals surface area contributed by atoms with Crippen LogP contribution in [0.1, 0.15) is 0 Å². The molecule has 0 saturated carbocycles. The number of furan rings is 1. The number of pyridine rings is 1. The van der Waals surface area contributed by atoms with E-state index in [0.717, 1.165) is 0 Å². The Kier molecular flexibility index (Phi) is 5.43. The van der Waals surface area contributed by atoms with Gasteiger partial charge in [0.1, 0.15) is 10.5 Å². The largest absolute Gasteiger partial charge is 0.443 e. The van der Waals surface area contributed by atoms with Crippen molar-refractivity contribution in [1.82, 2.24) is 4.98 Å². The molecule has 34 heavy (non-hydrogen) atoms. The molecule has 0 spiro atoms. The van der Waals surface area contributed by atoms with Crippen LogP contribution in [0.3, 0.4) is 0 Å². The van der Waals surface area contributed by atoms with E-state index < -0.39 is 20.0 Å². The lowest BCUT2D eigenvalue weighted by atomic mass is 10.2. The molecule has 5 rings (SSSR count). The summed E-state index contributed by atoms with van der Waals surface area (Å²) in [5.41, 5.74) is 0.607. The minimum absolute atomic E-state index is 0.0166. The Hall–Kier alpha value is -3.60. The molecule has 2 heterocycles. The van der Waals surface area contributed by atoms with Crippen molar-refractivity contribution in [3.63, 3.8) is 0 Å². The van der Waals surface area contributed by atoms with Crippen LogP contribution < -0.4 is 9.44 Å². The fourth-order valence-electron chi connectivity index (χ4n) is 3.47. The number of sulfonamides is 2. The van der Waals surface area contributed by atoms with Crippen molar-refractivity contribution < 1.29 is 21.3 Å². The summed E-state index contributed by atoms with van der Waals surface area (Å²) in [5, 5.41) is 1.14. The molecule has 0 aliphatic carbocycles. The van der Waals surface area contributed by atoms with Gasteiger partial charge < -0.3 is 4.42 Å². The molecular weight excluding hydrogens is 498 g/mol. The maximum atomic E-state index is 13.2. The molecule has 3 aromatic carbocycles. The number of hydrogen-bond donors (Lipinski definition) is 2. The number of rotatable bonds is 6. The van der Waals surface area contributed by atoms with Gasteiger partial charge in [0, 0.05) is 28.1 Å². The van der Waals surface area contributed by atoms with Gasteiger partial charge in [0.15, 0.2) is 0 Å². The van der Waals surface area contributed by atoms with Crippen molar-refractivity contribution in [1.29, 1.82) is 0 Å². The second-order valence-electron chi connectivity index (χ2n) is 7.34. The van der Waals surface area contributed by atoms with Crippen molar-refractivity contribution >= 4 is 64.9 Å². The molecule has 0 unspecified atom stereocenters. The lowest BCUT2D eigenvalue weighted by Crippen LogP contribution is -2.17. The van der Waals surface area contributed by atoms with Crippen molar-refractivity contribution in [3.05, 3.63) is 90.1 Å². The van der Waals surface area contributed by atoms with Crippen LogP contribution in [0.25, 0.3) is 21.9 Å². The van der Waals surface area contributed by atoms with E-state index in [1.807, 2.05) is 0 Å². The molecule has 0 radical (unpaired) electrons. The monoisotopic (exact) mass is 513 g/mol. The maximum Gasteiger partial charge on any atom is 0.295 e. The second-order valence-corrected chi connectivity index (χ2v) is 11.0. The summed E-state index contributed by atoms with van der Waals surface area (Å²) in [6.07, 6.45) is 1.50. The quantitative estimate of drug-likeness (QED) is 0.320. The normalized spacial score (nSPS) is 12.1. The van der Waals surface area contributed by atoms with E-state index in [4.69, 9.17) is 16.0 Å². The smallest absolute Gasteiger partial charge is 0.295 e. The van der Waals surface area contributed by atoms with Gasteiger partial charge in [-0.15, -0.1) is 0 Å². The van der Waals surface area contributed by atoms with Crippen LogP contribution in [0, 0.1) is 0 Å². The Morgan fingerprint density at radius 1 is 0.735 bits per heavy atom. The summed E-state index contributed by atoms with van der Waals surface area (Å²) in [6, 6.07) is 20.6. The summed E-state index contributed by atoms with van der Waals surface area (Å²) in [4.78, 5) is 4.13. The number of fused-ring (bicyclic) bond motifs is 2. The number of halogens is 1. The summed E-state index contributed by atoms with van der Waals surface area (Å²) >= 11 is 6.08. The Morgan fingerprint density at radius 3 is 2.29 bits per heavy atom. The van der Waals surface area contributed by atoms with Gasteiger partial charge >= 0.3 is 0 Å². The summed E-state index contributed by atoms with van der Waals surface area (Å²) in [5.74, 6) is 0. The average molecular weight is 514 g/mol. The van der Waals surface area contributed by atoms with Gasteiger partial charge in [0.2, 0.25) is 5.09 Å². The Morgan fingerprint density at radius 2 is 1.47 bits per heavy atom. The van der Waals surface area contributed by atoms with Gasteiger partial charge in [-0.1, -0.05) is 48.0 Å². The summed E-state index contributed by atoms with van der Waals surface area (Å²) in [7, 11) is -8.32. The number of nitrogens with one attached hydrogen (secondary N) is 2. The third-order valence-electron chi connectivity index (χ3n) is 5.02. The first kappa shape index (κ1) is 22.2. The molecule has 0 amide bonds. The molecule has 0 aliphatic heterocycles. The minimum atomic E-state index is -4.19. The van der Waals surface area contributed by atoms with E-state index in [-0.39, 0.29) is 31.9 Å². The highest BCUT2D eigenvalue weighted by atomic mass is 35.5. The van der Waals surface area contributed by atoms with Crippen LogP contribution in [0.2, 0.25) is 5.02 Å². The van der Waals surface area contributed by atoms with Gasteiger partial charge in [0.05, 0.1) is 16.9 Å². The SMILES string of the molecule is O=S(=O)(Nc1cc(Cl)ccc1NS(=O)(=O)c1cccc2cccnc12)c1cc2ccccc2o1. The first-order valence-corrected chi connectivity index (χ1v) is 13.2. The Balaban J connectivity index is 1.53. The predicted octanol–water partition coefficient (Wildman–Crippen LogP) is 5.24. The molecule has 11 heteroatoms. The molecule has 5 aromatic rings. The zero-order valence-electron chi connectivity index (χ0n) is 17.3. The van der Waals surface area contributed by atoms with Crippen molar-refractivity contribution in [2.45, 2.75) is 9.99 Å². The van der Waals surface area contributed by atoms with Crippen LogP contribution >= 0.6 is 11.6 Å². The average Bonchev–Trinajstić information content (AvgIpc) is 3.26. The minimum Gasteiger partial charge on any atom is -0.443 e. The molecule has 0 saturated heterocycles. The molecule has 0 bridgehead atoms. The molecule has 0 aliphatic rings. The number of para-hydroxylation sites is 2. The number of hydrogen-bond acceptors (Lipinski definition) is 6. The first-order chi connectivity index (χ1) is 16.2. The molecule has 2 N–H and O–H groups in total. The van der Waals surface area contributed by atoms with E-state index >= 15 is 0 Å². The summed E-state index contributed by atoms with van der Waals surface area (Å²) in [6.45, 7) is 0. The Bertz CT molecular complexity index is 1730. The van der Waals surface area contributed by atoms with Gasteiger partial charge in [-0.25, -0.2) is 8.42 Å². The van der Waals surface area contributed by atoms with Crippen LogP contribution in [-0.4, -0.2) is 21.8 Å². The molecule has 8 nitrogen and oxygen atoms in total. The Labute approximate surface area is 200 Å². The van der Waals surface area contributed by atoms with Gasteiger partial charge in [-0.2, -0.15) is 8.42 Å². The highest BCUT2D eigenvalue weighted by Crippen LogP contribution is 2.32. The molecular formula is C23H16ClN3O5S2. The lowest BCUT2D eigenvalue weighted by Gasteiger charge is -2.15. The van der Waals surface area contributed by atoms with Crippen LogP contribution in [0.5, 0.6) is 0 Å². The third kappa shape index (κ3) is 4.18. The zero-order valence-corrected chi connectivity index (χ0v) is 19.7. The lowest BCUT2D eigenvalue weighted by molar-refractivity contribution is 0.484. The highest BCUT2D eigenvalue weighted by Gasteiger charge is 2.24. The van der Waals surface area contributed by atoms with Gasteiger partial charge in [-0.05, 0) is 36.4 Å². The fraction of sp³-hybridized carbons (Fsp3) is 0. The van der Waals surface area contributed by atoms with Gasteiger partial charge in [-0.3, -0.25) is 14.4 Å². The number of anilines is 2. The highest BCUT2D eigenvalue weighted by molar-refractivity contribution is 7.93. The van der Waals surface area contributed by atoms with Crippen molar-refractivity contribution in [3.8, 4) is 0 Å². The van der Waals surface area contributed by atoms with Crippen LogP contribution in [0.4, 0.5) is 11.4 Å². The molecule has 0 atom stereocenters. The third-order valence-corrected chi connectivity index (χ3v) is 7.87. The number of aromatic nitrogens is 1. The van der Waals surface area contributed by atoms with Crippen molar-refractivity contribution in [2.24, 2.45) is 0 Å². The standard InChI is InChI=1S/C23H16ClN3O5S2/c24-17-10-11-18(26-33(28,29)21-9-3-6-15-7-4-12-25-23(15)21)19(14-17)27-34(30,31)22-13-16-5-1-2-8-20(16)32-22/h1-14,26-27H. The van der Waals surface area contributed by atoms with Crippen LogP contribution in [0.15, 0.2) is 99.5 Å². The van der Waals surface area contributed by atoms with E-state index in [1.54, 1.807) is 48.5 Å². The molecule has 172 valence electrons. The summed E-state index contributed by atoms with van der Waals surface area (Å²) < 4.78 is 62.7. The topological polar surface area (TPSA) is 118 Å². The fourth-order valence-corrected chi connectivity index (χ4v) is 5.94. The van der Waals surface area contributed by atoms with Crippen molar-refractivity contribution in [2.75, 3.05) is 9.44 Å². The van der Waals surface area contributed by atoms with E-state index in [9.17, 15) is 16.8 Å². The number of benzene rings is 3. The maximum absolute atomic E-state index is 13.2. The zero-order chi connectivity index (χ0) is 23.9. The molecule has 0 fully saturated rings. The van der Waals surface area contributed by atoms with E-state index in [1.165, 1.54) is 36.5 Å². The second kappa shape index (κ2) is 8.32. The van der Waals surface area contributed by atoms with E-state index in [2.05, 4.69) is 14.4 Å². The number of nitrogens with zero attached hydrogens (tertiary/aromatic N) is 1. The molecule has 2 aromatic heterocycles. The first-order valence-electron chi connectivity index (χ1n) is 9.90. The van der Waals surface area contributed by atoms with Crippen LogP contribution in [-0.2, 0) is 20.0 Å². The predicted molar refractivity (Wildman–Crippen MR) is 131 cm³/mol. The van der Waals surface area contributed by atoms with Gasteiger partial charge in [0.25, 0.3) is 20.0 Å². The van der Waals surface area contributed by atoms with E-state index in [0.29, 0.717) is 16.4 Å².